The summed E-state index contributed by atoms with van der Waals surface area (Å²) < 4.78 is 24.6. The number of nitrogens with zero attached hydrogens (tertiary/aromatic N) is 4. The van der Waals surface area contributed by atoms with Gasteiger partial charge in [0.2, 0.25) is 23.5 Å². The third-order valence-corrected chi connectivity index (χ3v) is 6.09. The first-order chi connectivity index (χ1) is 18.7. The number of benzene rings is 1. The number of pyridine rings is 2. The van der Waals surface area contributed by atoms with Crippen molar-refractivity contribution in [1.82, 2.24) is 19.9 Å². The highest BCUT2D eigenvalue weighted by Crippen LogP contribution is 2.34. The molecule has 1 aliphatic rings. The van der Waals surface area contributed by atoms with Gasteiger partial charge in [-0.05, 0) is 49.4 Å². The van der Waals surface area contributed by atoms with Gasteiger partial charge in [0.25, 0.3) is 0 Å². The monoisotopic (exact) mass is 512 g/mol. The molecule has 3 aromatic heterocycles. The number of hydrogen-bond donors (Lipinski definition) is 0. The lowest BCUT2D eigenvalue weighted by Gasteiger charge is -2.14. The van der Waals surface area contributed by atoms with Gasteiger partial charge in [-0.1, -0.05) is 39.5 Å². The zero-order valence-electron chi connectivity index (χ0n) is 21.9. The molecule has 0 unspecified atom stereocenters. The highest BCUT2D eigenvalue weighted by molar-refractivity contribution is 5.43. The molecule has 0 amide bonds. The van der Waals surface area contributed by atoms with E-state index >= 15 is 0 Å². The molecule has 0 fully saturated rings. The fraction of sp³-hybridized carbons (Fsp3) is 0.333. The maximum atomic E-state index is 6.21. The SMILES string of the molecule is CCCCCc1cc2cc(c1)Oc1cc(ncn1)Oc1cc(cc(CCCCC)n1)Oc1ccnc(c1)O2. The van der Waals surface area contributed by atoms with E-state index in [4.69, 9.17) is 18.9 Å². The third kappa shape index (κ3) is 6.97. The Morgan fingerprint density at radius 3 is 1.97 bits per heavy atom. The summed E-state index contributed by atoms with van der Waals surface area (Å²) in [5, 5.41) is 0. The molecule has 0 atom stereocenters. The summed E-state index contributed by atoms with van der Waals surface area (Å²) in [5.74, 6) is 3.93. The van der Waals surface area contributed by atoms with E-state index in [1.54, 1.807) is 30.5 Å². The molecule has 8 bridgehead atoms. The molecule has 8 heteroatoms. The second-order valence-corrected chi connectivity index (χ2v) is 9.29. The molecular formula is C30H32N4O4. The first kappa shape index (κ1) is 25.4. The molecule has 0 radical (unpaired) electrons. The number of rotatable bonds is 8. The van der Waals surface area contributed by atoms with Crippen LogP contribution in [0.25, 0.3) is 0 Å². The minimum Gasteiger partial charge on any atom is -0.457 e. The van der Waals surface area contributed by atoms with Gasteiger partial charge in [0, 0.05) is 36.2 Å². The highest BCUT2D eigenvalue weighted by Gasteiger charge is 2.13. The van der Waals surface area contributed by atoms with Crippen LogP contribution in [0.5, 0.6) is 46.5 Å². The lowest BCUT2D eigenvalue weighted by Crippen LogP contribution is -1.99. The minimum atomic E-state index is 0.327. The standard InChI is InChI=1S/C30H32N4O4/c1-3-5-7-9-21-13-24-16-25(14-21)37-28-19-29(33-20-32-28)38-30-18-26(15-22(34-30)10-8-6-4-2)35-23-11-12-31-27(17-23)36-24/h11-20H,3-10H2,1-2H3. The molecule has 196 valence electrons. The summed E-state index contributed by atoms with van der Waals surface area (Å²) in [4.78, 5) is 17.6. The minimum absolute atomic E-state index is 0.327. The predicted octanol–water partition coefficient (Wildman–Crippen LogP) is 8.21. The smallest absolute Gasteiger partial charge is 0.228 e. The van der Waals surface area contributed by atoms with Crippen LogP contribution in [0.1, 0.15) is 63.6 Å². The van der Waals surface area contributed by atoms with Crippen molar-refractivity contribution in [1.29, 1.82) is 0 Å². The van der Waals surface area contributed by atoms with Crippen LogP contribution in [0.15, 0.2) is 61.1 Å². The Labute approximate surface area is 223 Å². The van der Waals surface area contributed by atoms with Crippen LogP contribution in [-0.2, 0) is 12.8 Å². The molecule has 1 aliphatic heterocycles. The van der Waals surface area contributed by atoms with E-state index in [-0.39, 0.29) is 0 Å². The van der Waals surface area contributed by atoms with E-state index in [9.17, 15) is 0 Å². The van der Waals surface area contributed by atoms with Crippen LogP contribution in [-0.4, -0.2) is 19.9 Å². The van der Waals surface area contributed by atoms with Gasteiger partial charge < -0.3 is 18.9 Å². The van der Waals surface area contributed by atoms with Gasteiger partial charge in [0.05, 0.1) is 6.07 Å². The van der Waals surface area contributed by atoms with Crippen LogP contribution in [0.2, 0.25) is 0 Å². The molecule has 38 heavy (non-hydrogen) atoms. The molecule has 0 spiro atoms. The molecule has 0 saturated heterocycles. The fourth-order valence-electron chi connectivity index (χ4n) is 4.23. The quantitative estimate of drug-likeness (QED) is 0.192. The largest absolute Gasteiger partial charge is 0.457 e. The van der Waals surface area contributed by atoms with Gasteiger partial charge in [-0.25, -0.2) is 19.9 Å². The van der Waals surface area contributed by atoms with Gasteiger partial charge >= 0.3 is 0 Å². The van der Waals surface area contributed by atoms with Crippen molar-refractivity contribution >= 4 is 0 Å². The topological polar surface area (TPSA) is 88.5 Å². The Morgan fingerprint density at radius 2 is 1.21 bits per heavy atom. The lowest BCUT2D eigenvalue weighted by atomic mass is 10.1. The van der Waals surface area contributed by atoms with E-state index in [0.29, 0.717) is 46.5 Å². The molecule has 4 heterocycles. The van der Waals surface area contributed by atoms with E-state index in [0.717, 1.165) is 62.6 Å². The second kappa shape index (κ2) is 12.4. The molecule has 0 N–H and O–H groups in total. The second-order valence-electron chi connectivity index (χ2n) is 9.29. The van der Waals surface area contributed by atoms with Crippen LogP contribution < -0.4 is 18.9 Å². The molecule has 1 aromatic carbocycles. The number of ether oxygens (including phenoxy) is 4. The molecule has 4 aromatic rings. The van der Waals surface area contributed by atoms with Gasteiger partial charge in [0.1, 0.15) is 29.3 Å². The maximum absolute atomic E-state index is 6.21. The van der Waals surface area contributed by atoms with Crippen molar-refractivity contribution in [3.63, 3.8) is 0 Å². The lowest BCUT2D eigenvalue weighted by molar-refractivity contribution is 0.410. The molecule has 8 nitrogen and oxygen atoms in total. The van der Waals surface area contributed by atoms with Gasteiger partial charge in [0.15, 0.2) is 0 Å². The summed E-state index contributed by atoms with van der Waals surface area (Å²) in [6.07, 6.45) is 11.5. The van der Waals surface area contributed by atoms with Crippen LogP contribution in [0, 0.1) is 0 Å². The van der Waals surface area contributed by atoms with Gasteiger partial charge in [-0.3, -0.25) is 0 Å². The molecule has 0 saturated carbocycles. The summed E-state index contributed by atoms with van der Waals surface area (Å²) in [6, 6.07) is 14.7. The Bertz CT molecular complexity index is 1190. The van der Waals surface area contributed by atoms with Crippen LogP contribution in [0.4, 0.5) is 0 Å². The molecule has 0 aliphatic carbocycles. The van der Waals surface area contributed by atoms with Crippen molar-refractivity contribution in [2.75, 3.05) is 0 Å². The Balaban J connectivity index is 1.53. The average Bonchev–Trinajstić information content (AvgIpc) is 2.89. The predicted molar refractivity (Wildman–Crippen MR) is 144 cm³/mol. The zero-order chi connectivity index (χ0) is 26.2. The van der Waals surface area contributed by atoms with Crippen molar-refractivity contribution < 1.29 is 18.9 Å². The van der Waals surface area contributed by atoms with Crippen LogP contribution in [0.3, 0.4) is 0 Å². The Morgan fingerprint density at radius 1 is 0.553 bits per heavy atom. The van der Waals surface area contributed by atoms with Crippen molar-refractivity contribution in [3.8, 4) is 46.5 Å². The van der Waals surface area contributed by atoms with Crippen LogP contribution >= 0.6 is 0 Å². The van der Waals surface area contributed by atoms with Crippen molar-refractivity contribution in [3.05, 3.63) is 72.3 Å². The van der Waals surface area contributed by atoms with E-state index in [2.05, 4.69) is 33.8 Å². The Kier molecular flexibility index (Phi) is 8.28. The Hall–Kier alpha value is -4.20. The van der Waals surface area contributed by atoms with Gasteiger partial charge in [-0.2, -0.15) is 0 Å². The first-order valence-electron chi connectivity index (χ1n) is 13.3. The van der Waals surface area contributed by atoms with Crippen molar-refractivity contribution in [2.24, 2.45) is 0 Å². The highest BCUT2D eigenvalue weighted by atomic mass is 16.5. The van der Waals surface area contributed by atoms with Gasteiger partial charge in [-0.15, -0.1) is 0 Å². The molecular weight excluding hydrogens is 480 g/mol. The third-order valence-electron chi connectivity index (χ3n) is 6.09. The summed E-state index contributed by atoms with van der Waals surface area (Å²) >= 11 is 0. The number of unbranched alkanes of at least 4 members (excludes halogenated alkanes) is 4. The maximum Gasteiger partial charge on any atom is 0.228 e. The van der Waals surface area contributed by atoms with E-state index in [1.807, 2.05) is 24.3 Å². The molecule has 5 rings (SSSR count). The summed E-state index contributed by atoms with van der Waals surface area (Å²) in [7, 11) is 0. The zero-order valence-corrected chi connectivity index (χ0v) is 21.9. The normalized spacial score (nSPS) is 12.1. The van der Waals surface area contributed by atoms with E-state index in [1.165, 1.54) is 6.33 Å². The number of hydrogen-bond acceptors (Lipinski definition) is 8. The fourth-order valence-corrected chi connectivity index (χ4v) is 4.23. The number of fused-ring (bicyclic) bond motifs is 8. The summed E-state index contributed by atoms with van der Waals surface area (Å²) in [5.41, 5.74) is 1.99. The summed E-state index contributed by atoms with van der Waals surface area (Å²) in [6.45, 7) is 4.37. The number of aromatic nitrogens is 4. The first-order valence-corrected chi connectivity index (χ1v) is 13.3. The van der Waals surface area contributed by atoms with Crippen molar-refractivity contribution in [2.45, 2.75) is 65.2 Å². The van der Waals surface area contributed by atoms with E-state index < -0.39 is 0 Å². The average molecular weight is 513 g/mol. The number of aryl methyl sites for hydroxylation is 2.